The van der Waals surface area contributed by atoms with Crippen molar-refractivity contribution < 1.29 is 4.74 Å². The Balaban J connectivity index is 1.79. The molecule has 3 rings (SSSR count). The standard InChI is InChI=1S/C14H19N3OS/c1-9(2)18-11-3-4-12-13(7-11)19-14(17-12)16-10-5-6-15-8-10/h3-4,7,9-10,15H,5-6,8H2,1-2H3,(H,16,17). The molecule has 102 valence electrons. The summed E-state index contributed by atoms with van der Waals surface area (Å²) in [5, 5.41) is 7.85. The molecule has 0 radical (unpaired) electrons. The molecule has 4 nitrogen and oxygen atoms in total. The van der Waals surface area contributed by atoms with Gasteiger partial charge in [0.1, 0.15) is 5.75 Å². The molecule has 0 bridgehead atoms. The molecule has 1 aromatic heterocycles. The summed E-state index contributed by atoms with van der Waals surface area (Å²) in [6.07, 6.45) is 1.37. The molecular weight excluding hydrogens is 258 g/mol. The van der Waals surface area contributed by atoms with Crippen LogP contribution in [0.3, 0.4) is 0 Å². The molecule has 2 N–H and O–H groups in total. The monoisotopic (exact) mass is 277 g/mol. The first-order valence-corrected chi connectivity index (χ1v) is 7.57. The summed E-state index contributed by atoms with van der Waals surface area (Å²) in [7, 11) is 0. The molecule has 1 saturated heterocycles. The minimum absolute atomic E-state index is 0.201. The van der Waals surface area contributed by atoms with E-state index >= 15 is 0 Å². The van der Waals surface area contributed by atoms with Gasteiger partial charge < -0.3 is 15.4 Å². The molecule has 2 aromatic rings. The Morgan fingerprint density at radius 3 is 3.11 bits per heavy atom. The van der Waals surface area contributed by atoms with Crippen LogP contribution in [0.25, 0.3) is 10.2 Å². The molecule has 1 fully saturated rings. The number of nitrogens with zero attached hydrogens (tertiary/aromatic N) is 1. The molecular formula is C14H19N3OS. The Hall–Kier alpha value is -1.33. The summed E-state index contributed by atoms with van der Waals surface area (Å²) >= 11 is 1.70. The number of ether oxygens (including phenoxy) is 1. The van der Waals surface area contributed by atoms with Crippen molar-refractivity contribution in [3.8, 4) is 5.75 Å². The van der Waals surface area contributed by atoms with E-state index in [1.165, 1.54) is 4.70 Å². The van der Waals surface area contributed by atoms with Gasteiger partial charge >= 0.3 is 0 Å². The number of benzene rings is 1. The number of anilines is 1. The predicted molar refractivity (Wildman–Crippen MR) is 80.3 cm³/mol. The van der Waals surface area contributed by atoms with Gasteiger partial charge in [-0.05, 0) is 45.0 Å². The highest BCUT2D eigenvalue weighted by molar-refractivity contribution is 7.22. The fourth-order valence-corrected chi connectivity index (χ4v) is 3.24. The lowest BCUT2D eigenvalue weighted by molar-refractivity contribution is 0.243. The average Bonchev–Trinajstić information content (AvgIpc) is 2.97. The number of nitrogens with one attached hydrogen (secondary N) is 2. The smallest absolute Gasteiger partial charge is 0.184 e. The van der Waals surface area contributed by atoms with Crippen molar-refractivity contribution >= 4 is 26.7 Å². The van der Waals surface area contributed by atoms with Crippen molar-refractivity contribution in [2.24, 2.45) is 0 Å². The molecule has 0 saturated carbocycles. The lowest BCUT2D eigenvalue weighted by Crippen LogP contribution is -2.21. The Morgan fingerprint density at radius 1 is 1.47 bits per heavy atom. The molecule has 1 aliphatic rings. The van der Waals surface area contributed by atoms with Gasteiger partial charge in [0.2, 0.25) is 0 Å². The highest BCUT2D eigenvalue weighted by Crippen LogP contribution is 2.30. The molecule has 1 aromatic carbocycles. The van der Waals surface area contributed by atoms with E-state index in [-0.39, 0.29) is 6.10 Å². The van der Waals surface area contributed by atoms with Crippen molar-refractivity contribution in [2.45, 2.75) is 32.4 Å². The maximum absolute atomic E-state index is 5.71. The number of rotatable bonds is 4. The zero-order valence-electron chi connectivity index (χ0n) is 11.3. The first-order chi connectivity index (χ1) is 9.20. The second kappa shape index (κ2) is 5.35. The third-order valence-electron chi connectivity index (χ3n) is 3.12. The molecule has 0 aliphatic carbocycles. The van der Waals surface area contributed by atoms with E-state index in [1.807, 2.05) is 26.0 Å². The van der Waals surface area contributed by atoms with E-state index in [9.17, 15) is 0 Å². The van der Waals surface area contributed by atoms with Crippen molar-refractivity contribution in [1.82, 2.24) is 10.3 Å². The van der Waals surface area contributed by atoms with Crippen molar-refractivity contribution in [3.63, 3.8) is 0 Å². The van der Waals surface area contributed by atoms with E-state index in [4.69, 9.17) is 4.74 Å². The van der Waals surface area contributed by atoms with Crippen LogP contribution in [-0.2, 0) is 0 Å². The van der Waals surface area contributed by atoms with Gasteiger partial charge in [0, 0.05) is 12.6 Å². The van der Waals surface area contributed by atoms with Gasteiger partial charge in [-0.2, -0.15) is 0 Å². The minimum atomic E-state index is 0.201. The summed E-state index contributed by atoms with van der Waals surface area (Å²) in [5.74, 6) is 0.917. The molecule has 2 heterocycles. The van der Waals surface area contributed by atoms with E-state index in [0.717, 1.165) is 35.9 Å². The van der Waals surface area contributed by atoms with Crippen LogP contribution in [0.2, 0.25) is 0 Å². The van der Waals surface area contributed by atoms with Crippen molar-refractivity contribution in [1.29, 1.82) is 0 Å². The molecule has 5 heteroatoms. The molecule has 1 unspecified atom stereocenters. The van der Waals surface area contributed by atoms with Crippen LogP contribution >= 0.6 is 11.3 Å². The van der Waals surface area contributed by atoms with Crippen LogP contribution in [0.4, 0.5) is 5.13 Å². The van der Waals surface area contributed by atoms with Crippen molar-refractivity contribution in [3.05, 3.63) is 18.2 Å². The zero-order chi connectivity index (χ0) is 13.2. The first kappa shape index (κ1) is 12.7. The number of fused-ring (bicyclic) bond motifs is 1. The van der Waals surface area contributed by atoms with Gasteiger partial charge in [-0.1, -0.05) is 11.3 Å². The number of aromatic nitrogens is 1. The predicted octanol–water partition coefficient (Wildman–Crippen LogP) is 2.86. The highest BCUT2D eigenvalue weighted by atomic mass is 32.1. The van der Waals surface area contributed by atoms with Gasteiger partial charge in [0.25, 0.3) is 0 Å². The Labute approximate surface area is 117 Å². The second-order valence-corrected chi connectivity index (χ2v) is 6.18. The summed E-state index contributed by atoms with van der Waals surface area (Å²) in [6.45, 7) is 6.19. The van der Waals surface area contributed by atoms with E-state index < -0.39 is 0 Å². The quantitative estimate of drug-likeness (QED) is 0.902. The number of hydrogen-bond acceptors (Lipinski definition) is 5. The summed E-state index contributed by atoms with van der Waals surface area (Å²) < 4.78 is 6.89. The van der Waals surface area contributed by atoms with Gasteiger partial charge in [0.05, 0.1) is 16.3 Å². The Kier molecular flexibility index (Phi) is 3.57. The van der Waals surface area contributed by atoms with Crippen molar-refractivity contribution in [2.75, 3.05) is 18.4 Å². The SMILES string of the molecule is CC(C)Oc1ccc2nc(NC3CCNC3)sc2c1. The Morgan fingerprint density at radius 2 is 2.37 bits per heavy atom. The van der Waals surface area contributed by atoms with Gasteiger partial charge in [-0.15, -0.1) is 0 Å². The maximum atomic E-state index is 5.71. The maximum Gasteiger partial charge on any atom is 0.184 e. The molecule has 0 spiro atoms. The lowest BCUT2D eigenvalue weighted by Gasteiger charge is -2.08. The van der Waals surface area contributed by atoms with E-state index in [2.05, 4.69) is 21.7 Å². The molecule has 1 atom stereocenters. The van der Waals surface area contributed by atoms with Crippen LogP contribution in [0.5, 0.6) is 5.75 Å². The topological polar surface area (TPSA) is 46.2 Å². The minimum Gasteiger partial charge on any atom is -0.491 e. The first-order valence-electron chi connectivity index (χ1n) is 6.75. The fourth-order valence-electron chi connectivity index (χ4n) is 2.26. The normalized spacial score (nSPS) is 19.2. The average molecular weight is 277 g/mol. The van der Waals surface area contributed by atoms with Crippen LogP contribution in [0, 0.1) is 0 Å². The van der Waals surface area contributed by atoms with Crippen LogP contribution in [-0.4, -0.2) is 30.2 Å². The number of thiazole rings is 1. The largest absolute Gasteiger partial charge is 0.491 e. The van der Waals surface area contributed by atoms with Crippen LogP contribution < -0.4 is 15.4 Å². The fraction of sp³-hybridized carbons (Fsp3) is 0.500. The third kappa shape index (κ3) is 2.98. The van der Waals surface area contributed by atoms with Crippen LogP contribution in [0.1, 0.15) is 20.3 Å². The molecule has 0 amide bonds. The van der Waals surface area contributed by atoms with E-state index in [1.54, 1.807) is 11.3 Å². The second-order valence-electron chi connectivity index (χ2n) is 5.15. The summed E-state index contributed by atoms with van der Waals surface area (Å²) in [6, 6.07) is 6.60. The van der Waals surface area contributed by atoms with Gasteiger partial charge in [-0.3, -0.25) is 0 Å². The van der Waals surface area contributed by atoms with Gasteiger partial charge in [-0.25, -0.2) is 4.98 Å². The molecule has 1 aliphatic heterocycles. The third-order valence-corrected chi connectivity index (χ3v) is 4.07. The van der Waals surface area contributed by atoms with Gasteiger partial charge in [0.15, 0.2) is 5.13 Å². The Bertz CT molecular complexity index is 561. The highest BCUT2D eigenvalue weighted by Gasteiger charge is 2.15. The lowest BCUT2D eigenvalue weighted by atomic mass is 10.3. The molecule has 19 heavy (non-hydrogen) atoms. The summed E-state index contributed by atoms with van der Waals surface area (Å²) in [5.41, 5.74) is 1.04. The van der Waals surface area contributed by atoms with Crippen LogP contribution in [0.15, 0.2) is 18.2 Å². The van der Waals surface area contributed by atoms with E-state index in [0.29, 0.717) is 6.04 Å². The zero-order valence-corrected chi connectivity index (χ0v) is 12.1. The summed E-state index contributed by atoms with van der Waals surface area (Å²) in [4.78, 5) is 4.62. The number of hydrogen-bond donors (Lipinski definition) is 2.